The lowest BCUT2D eigenvalue weighted by molar-refractivity contribution is 0.224. The summed E-state index contributed by atoms with van der Waals surface area (Å²) in [7, 11) is 0. The van der Waals surface area contributed by atoms with Crippen LogP contribution in [0.2, 0.25) is 0 Å². The Bertz CT molecular complexity index is 484. The molecule has 2 aromatic rings. The smallest absolute Gasteiger partial charge is 0.113 e. The van der Waals surface area contributed by atoms with E-state index >= 15 is 0 Å². The molecule has 1 aromatic heterocycles. The molecule has 2 rings (SSSR count). The maximum atomic E-state index is 10.2. The van der Waals surface area contributed by atoms with E-state index in [0.29, 0.717) is 0 Å². The first-order chi connectivity index (χ1) is 7.56. The van der Waals surface area contributed by atoms with E-state index in [-0.39, 0.29) is 0 Å². The second-order valence-corrected chi connectivity index (χ2v) is 6.15. The molecule has 0 aliphatic heterocycles. The van der Waals surface area contributed by atoms with Crippen molar-refractivity contribution >= 4 is 27.3 Å². The minimum Gasteiger partial charge on any atom is -0.383 e. The Kier molecular flexibility index (Phi) is 3.47. The lowest BCUT2D eigenvalue weighted by Gasteiger charge is -2.10. The zero-order valence-electron chi connectivity index (χ0n) is 9.20. The third-order valence-electron chi connectivity index (χ3n) is 2.41. The van der Waals surface area contributed by atoms with Gasteiger partial charge in [-0.05, 0) is 49.2 Å². The van der Waals surface area contributed by atoms with Crippen LogP contribution in [-0.4, -0.2) is 5.11 Å². The second-order valence-electron chi connectivity index (χ2n) is 3.91. The van der Waals surface area contributed by atoms with Crippen LogP contribution >= 0.6 is 27.3 Å². The van der Waals surface area contributed by atoms with Crippen molar-refractivity contribution in [3.63, 3.8) is 0 Å². The van der Waals surface area contributed by atoms with Crippen LogP contribution in [0.4, 0.5) is 0 Å². The van der Waals surface area contributed by atoms with Crippen molar-refractivity contribution in [1.29, 1.82) is 0 Å². The lowest BCUT2D eigenvalue weighted by atomic mass is 10.1. The van der Waals surface area contributed by atoms with Crippen LogP contribution in [0.15, 0.2) is 34.8 Å². The second kappa shape index (κ2) is 4.70. The van der Waals surface area contributed by atoms with Gasteiger partial charge in [-0.25, -0.2) is 0 Å². The Labute approximate surface area is 108 Å². The average molecular weight is 297 g/mol. The molecule has 3 heteroatoms. The van der Waals surface area contributed by atoms with Crippen LogP contribution in [0.1, 0.15) is 27.0 Å². The van der Waals surface area contributed by atoms with Crippen molar-refractivity contribution in [2.75, 3.05) is 0 Å². The molecule has 1 N–H and O–H groups in total. The summed E-state index contributed by atoms with van der Waals surface area (Å²) >= 11 is 5.09. The molecule has 0 saturated carbocycles. The van der Waals surface area contributed by atoms with Crippen molar-refractivity contribution in [1.82, 2.24) is 0 Å². The number of hydrogen-bond acceptors (Lipinski definition) is 2. The van der Waals surface area contributed by atoms with Crippen molar-refractivity contribution < 1.29 is 5.11 Å². The highest BCUT2D eigenvalue weighted by Crippen LogP contribution is 2.30. The van der Waals surface area contributed by atoms with Gasteiger partial charge in [0, 0.05) is 14.2 Å². The van der Waals surface area contributed by atoms with Gasteiger partial charge < -0.3 is 5.11 Å². The minimum absolute atomic E-state index is 0.519. The van der Waals surface area contributed by atoms with Gasteiger partial charge in [-0.1, -0.05) is 22.0 Å². The Morgan fingerprint density at radius 1 is 1.19 bits per heavy atom. The highest BCUT2D eigenvalue weighted by Gasteiger charge is 2.13. The number of aliphatic hydroxyl groups excluding tert-OH is 1. The number of hydrogen-bond donors (Lipinski definition) is 1. The Hall–Kier alpha value is -0.640. The van der Waals surface area contributed by atoms with Crippen LogP contribution < -0.4 is 0 Å². The molecular formula is C13H13BrOS. The summed E-state index contributed by atoms with van der Waals surface area (Å²) in [6.07, 6.45) is -0.519. The highest BCUT2D eigenvalue weighted by molar-refractivity contribution is 9.10. The predicted molar refractivity (Wildman–Crippen MR) is 72.0 cm³/mol. The molecule has 0 spiro atoms. The van der Waals surface area contributed by atoms with E-state index < -0.39 is 6.10 Å². The number of benzene rings is 1. The molecule has 84 valence electrons. The molecule has 0 radical (unpaired) electrons. The molecule has 1 aromatic carbocycles. The molecule has 16 heavy (non-hydrogen) atoms. The normalized spacial score (nSPS) is 12.8. The van der Waals surface area contributed by atoms with Gasteiger partial charge in [-0.15, -0.1) is 11.3 Å². The molecule has 1 nitrogen and oxygen atoms in total. The first kappa shape index (κ1) is 11.8. The number of halogens is 1. The van der Waals surface area contributed by atoms with Gasteiger partial charge in [0.15, 0.2) is 0 Å². The molecule has 0 bridgehead atoms. The third kappa shape index (κ3) is 2.54. The quantitative estimate of drug-likeness (QED) is 0.880. The van der Waals surface area contributed by atoms with E-state index in [9.17, 15) is 5.11 Å². The van der Waals surface area contributed by atoms with Gasteiger partial charge in [-0.2, -0.15) is 0 Å². The maximum absolute atomic E-state index is 10.2. The molecule has 1 atom stereocenters. The lowest BCUT2D eigenvalue weighted by Crippen LogP contribution is -1.97. The van der Waals surface area contributed by atoms with Crippen molar-refractivity contribution in [2.24, 2.45) is 0 Å². The fraction of sp³-hybridized carbons (Fsp3) is 0.231. The van der Waals surface area contributed by atoms with Gasteiger partial charge in [0.05, 0.1) is 0 Å². The van der Waals surface area contributed by atoms with Crippen molar-refractivity contribution in [3.8, 4) is 0 Å². The minimum atomic E-state index is -0.519. The summed E-state index contributed by atoms with van der Waals surface area (Å²) in [5.41, 5.74) is 2.09. The van der Waals surface area contributed by atoms with E-state index in [4.69, 9.17) is 0 Å². The van der Waals surface area contributed by atoms with E-state index in [1.54, 1.807) is 11.3 Å². The van der Waals surface area contributed by atoms with Crippen LogP contribution in [-0.2, 0) is 0 Å². The van der Waals surface area contributed by atoms with Crippen LogP contribution in [0.25, 0.3) is 0 Å². The van der Waals surface area contributed by atoms with Crippen molar-refractivity contribution in [3.05, 3.63) is 55.7 Å². The largest absolute Gasteiger partial charge is 0.383 e. The van der Waals surface area contributed by atoms with Crippen LogP contribution in [0.5, 0.6) is 0 Å². The first-order valence-corrected chi connectivity index (χ1v) is 6.69. The fourth-order valence-electron chi connectivity index (χ4n) is 1.69. The number of aliphatic hydroxyl groups is 1. The summed E-state index contributed by atoms with van der Waals surface area (Å²) < 4.78 is 1.01. The predicted octanol–water partition coefficient (Wildman–Crippen LogP) is 4.21. The number of aryl methyl sites for hydroxylation is 2. The van der Waals surface area contributed by atoms with Gasteiger partial charge in [-0.3, -0.25) is 0 Å². The molecule has 0 aliphatic rings. The molecule has 0 fully saturated rings. The maximum Gasteiger partial charge on any atom is 0.113 e. The SMILES string of the molecule is Cc1cc(Br)cc(C(O)c2ccc(C)s2)c1. The monoisotopic (exact) mass is 296 g/mol. The summed E-state index contributed by atoms with van der Waals surface area (Å²) in [4.78, 5) is 2.22. The summed E-state index contributed by atoms with van der Waals surface area (Å²) in [6, 6.07) is 10.0. The zero-order valence-corrected chi connectivity index (χ0v) is 11.6. The first-order valence-electron chi connectivity index (χ1n) is 5.08. The molecule has 0 amide bonds. The number of rotatable bonds is 2. The van der Waals surface area contributed by atoms with Crippen LogP contribution in [0, 0.1) is 13.8 Å². The molecule has 1 heterocycles. The Morgan fingerprint density at radius 2 is 1.94 bits per heavy atom. The Morgan fingerprint density at radius 3 is 2.50 bits per heavy atom. The van der Waals surface area contributed by atoms with Crippen molar-refractivity contribution in [2.45, 2.75) is 20.0 Å². The summed E-state index contributed by atoms with van der Waals surface area (Å²) in [5.74, 6) is 0. The standard InChI is InChI=1S/C13H13BrOS/c1-8-5-10(7-11(14)6-8)13(15)12-4-3-9(2)16-12/h3-7,13,15H,1-2H3. The van der Waals surface area contributed by atoms with E-state index in [1.165, 1.54) is 4.88 Å². The fourth-order valence-corrected chi connectivity index (χ4v) is 3.20. The summed E-state index contributed by atoms with van der Waals surface area (Å²) in [5, 5.41) is 10.2. The van der Waals surface area contributed by atoms with E-state index in [1.807, 2.05) is 44.2 Å². The Balaban J connectivity index is 2.37. The van der Waals surface area contributed by atoms with E-state index in [2.05, 4.69) is 15.9 Å². The van der Waals surface area contributed by atoms with Gasteiger partial charge in [0.2, 0.25) is 0 Å². The topological polar surface area (TPSA) is 20.2 Å². The van der Waals surface area contributed by atoms with Crippen LogP contribution in [0.3, 0.4) is 0 Å². The van der Waals surface area contributed by atoms with E-state index in [0.717, 1.165) is 20.5 Å². The van der Waals surface area contributed by atoms with Gasteiger partial charge in [0.1, 0.15) is 6.10 Å². The third-order valence-corrected chi connectivity index (χ3v) is 3.92. The van der Waals surface area contributed by atoms with Gasteiger partial charge >= 0.3 is 0 Å². The zero-order chi connectivity index (χ0) is 11.7. The number of thiophene rings is 1. The molecule has 1 unspecified atom stereocenters. The molecular weight excluding hydrogens is 284 g/mol. The molecule has 0 saturated heterocycles. The highest BCUT2D eigenvalue weighted by atomic mass is 79.9. The average Bonchev–Trinajstić information content (AvgIpc) is 2.62. The molecule has 0 aliphatic carbocycles. The summed E-state index contributed by atoms with van der Waals surface area (Å²) in [6.45, 7) is 4.08. The van der Waals surface area contributed by atoms with Gasteiger partial charge in [0.25, 0.3) is 0 Å².